The fourth-order valence-electron chi connectivity index (χ4n) is 2.23. The number of aryl methyl sites for hydroxylation is 1. The molecule has 0 aliphatic heterocycles. The molecule has 3 heteroatoms. The summed E-state index contributed by atoms with van der Waals surface area (Å²) in [7, 11) is 0. The highest BCUT2D eigenvalue weighted by atomic mass is 16.5. The zero-order chi connectivity index (χ0) is 18.1. The minimum atomic E-state index is -0.344. The van der Waals surface area contributed by atoms with Crippen molar-refractivity contribution in [2.24, 2.45) is 0 Å². The van der Waals surface area contributed by atoms with Gasteiger partial charge in [0.25, 0.3) is 0 Å². The van der Waals surface area contributed by atoms with Gasteiger partial charge in [-0.3, -0.25) is 4.79 Å². The first-order valence-electron chi connectivity index (χ1n) is 8.25. The number of rotatable bonds is 8. The molecule has 2 rings (SSSR count). The Morgan fingerprint density at radius 2 is 1.72 bits per heavy atom. The summed E-state index contributed by atoms with van der Waals surface area (Å²) in [5.41, 5.74) is 3.24. The third-order valence-electron chi connectivity index (χ3n) is 3.66. The van der Waals surface area contributed by atoms with Gasteiger partial charge in [-0.1, -0.05) is 67.3 Å². The van der Waals surface area contributed by atoms with Crippen LogP contribution in [-0.2, 0) is 16.0 Å². The van der Waals surface area contributed by atoms with Gasteiger partial charge in [0.05, 0.1) is 6.61 Å². The van der Waals surface area contributed by atoms with Crippen molar-refractivity contribution in [2.75, 3.05) is 6.61 Å². The van der Waals surface area contributed by atoms with Gasteiger partial charge in [-0.05, 0) is 37.0 Å². The van der Waals surface area contributed by atoms with E-state index in [9.17, 15) is 9.59 Å². The Morgan fingerprint density at radius 1 is 1.04 bits per heavy atom. The molecule has 25 heavy (non-hydrogen) atoms. The van der Waals surface area contributed by atoms with Crippen LogP contribution in [0, 0.1) is 0 Å². The molecule has 0 unspecified atom stereocenters. The largest absolute Gasteiger partial charge is 0.462 e. The van der Waals surface area contributed by atoms with Gasteiger partial charge < -0.3 is 4.74 Å². The van der Waals surface area contributed by atoms with Crippen LogP contribution in [0.4, 0.5) is 0 Å². The normalized spacial score (nSPS) is 10.6. The van der Waals surface area contributed by atoms with E-state index >= 15 is 0 Å². The molecule has 0 aromatic heterocycles. The molecule has 0 atom stereocenters. The lowest BCUT2D eigenvalue weighted by Gasteiger charge is -2.05. The molecule has 0 aliphatic rings. The van der Waals surface area contributed by atoms with Crippen LogP contribution in [0.3, 0.4) is 0 Å². The molecule has 2 aromatic rings. The molecular weight excluding hydrogens is 312 g/mol. The Morgan fingerprint density at radius 3 is 2.36 bits per heavy atom. The lowest BCUT2D eigenvalue weighted by molar-refractivity contribution is -0.139. The summed E-state index contributed by atoms with van der Waals surface area (Å²) in [6, 6.07) is 17.2. The molecule has 0 N–H and O–H groups in total. The first-order chi connectivity index (χ1) is 12.1. The number of benzene rings is 2. The molecule has 128 valence electrons. The van der Waals surface area contributed by atoms with E-state index in [2.05, 4.69) is 6.58 Å². The fraction of sp³-hybridized carbons (Fsp3) is 0.182. The van der Waals surface area contributed by atoms with Crippen molar-refractivity contribution in [3.05, 3.63) is 89.5 Å². The van der Waals surface area contributed by atoms with Gasteiger partial charge in [-0.2, -0.15) is 0 Å². The number of carbonyl (C=O) groups excluding carboxylic acids is 2. The molecule has 0 heterocycles. The molecule has 3 nitrogen and oxygen atoms in total. The van der Waals surface area contributed by atoms with Crippen LogP contribution in [0.2, 0.25) is 0 Å². The summed E-state index contributed by atoms with van der Waals surface area (Å²) in [4.78, 5) is 23.3. The van der Waals surface area contributed by atoms with Crippen molar-refractivity contribution >= 4 is 17.8 Å². The predicted octanol–water partition coefficient (Wildman–Crippen LogP) is 4.63. The molecule has 0 amide bonds. The molecule has 0 spiro atoms. The second kappa shape index (κ2) is 9.38. The van der Waals surface area contributed by atoms with Crippen LogP contribution in [-0.4, -0.2) is 18.4 Å². The Kier molecular flexibility index (Phi) is 6.90. The van der Waals surface area contributed by atoms with Crippen molar-refractivity contribution in [3.63, 3.8) is 0 Å². The first kappa shape index (κ1) is 18.4. The van der Waals surface area contributed by atoms with Gasteiger partial charge in [0.1, 0.15) is 0 Å². The second-order valence-electron chi connectivity index (χ2n) is 5.82. The van der Waals surface area contributed by atoms with E-state index in [1.165, 1.54) is 0 Å². The summed E-state index contributed by atoms with van der Waals surface area (Å²) in [5, 5.41) is 0. The number of ether oxygens (including phenoxy) is 1. The highest BCUT2D eigenvalue weighted by Gasteiger charge is 2.02. The Hall–Kier alpha value is -2.94. The maximum atomic E-state index is 12.0. The monoisotopic (exact) mass is 334 g/mol. The number of ketones is 1. The van der Waals surface area contributed by atoms with Gasteiger partial charge in [0, 0.05) is 11.1 Å². The van der Waals surface area contributed by atoms with E-state index in [1.807, 2.05) is 48.5 Å². The van der Waals surface area contributed by atoms with E-state index in [4.69, 9.17) is 4.74 Å². The van der Waals surface area contributed by atoms with Crippen LogP contribution in [0.1, 0.15) is 34.8 Å². The minimum absolute atomic E-state index is 0.0102. The van der Waals surface area contributed by atoms with E-state index in [-0.39, 0.29) is 11.8 Å². The van der Waals surface area contributed by atoms with Gasteiger partial charge in [-0.25, -0.2) is 4.79 Å². The van der Waals surface area contributed by atoms with Crippen molar-refractivity contribution in [1.82, 2.24) is 0 Å². The van der Waals surface area contributed by atoms with Crippen LogP contribution >= 0.6 is 0 Å². The summed E-state index contributed by atoms with van der Waals surface area (Å²) in [6.45, 7) is 5.57. The maximum absolute atomic E-state index is 12.0. The van der Waals surface area contributed by atoms with Crippen LogP contribution in [0.15, 0.2) is 72.8 Å². The summed E-state index contributed by atoms with van der Waals surface area (Å²) in [6.07, 6.45) is 4.99. The van der Waals surface area contributed by atoms with Crippen LogP contribution in [0.25, 0.3) is 6.08 Å². The number of allylic oxidation sites excluding steroid dienone is 1. The highest BCUT2D eigenvalue weighted by molar-refractivity contribution is 6.06. The van der Waals surface area contributed by atoms with E-state index in [0.717, 1.165) is 24.0 Å². The van der Waals surface area contributed by atoms with Crippen molar-refractivity contribution < 1.29 is 14.3 Å². The number of carbonyl (C=O) groups is 2. The third-order valence-corrected chi connectivity index (χ3v) is 3.66. The molecule has 0 radical (unpaired) electrons. The Bertz CT molecular complexity index is 756. The Labute approximate surface area is 148 Å². The maximum Gasteiger partial charge on any atom is 0.333 e. The second-order valence-corrected chi connectivity index (χ2v) is 5.82. The molecular formula is C22H22O3. The molecule has 0 bridgehead atoms. The molecule has 0 saturated heterocycles. The van der Waals surface area contributed by atoms with Gasteiger partial charge in [0.2, 0.25) is 0 Å². The smallest absolute Gasteiger partial charge is 0.333 e. The topological polar surface area (TPSA) is 43.4 Å². The molecule has 2 aromatic carbocycles. The van der Waals surface area contributed by atoms with E-state index < -0.39 is 0 Å². The van der Waals surface area contributed by atoms with E-state index in [0.29, 0.717) is 17.7 Å². The van der Waals surface area contributed by atoms with Gasteiger partial charge in [0.15, 0.2) is 5.78 Å². The van der Waals surface area contributed by atoms with Crippen LogP contribution < -0.4 is 0 Å². The predicted molar refractivity (Wildman–Crippen MR) is 100 cm³/mol. The van der Waals surface area contributed by atoms with E-state index in [1.54, 1.807) is 25.1 Å². The summed E-state index contributed by atoms with van der Waals surface area (Å²) in [5.74, 6) is -0.354. The SMILES string of the molecule is C=C(C)C(=O)OCCCc1ccc(/C=C/C(=O)c2ccccc2)cc1. The lowest BCUT2D eigenvalue weighted by atomic mass is 10.1. The highest BCUT2D eigenvalue weighted by Crippen LogP contribution is 2.10. The number of hydrogen-bond donors (Lipinski definition) is 0. The zero-order valence-corrected chi connectivity index (χ0v) is 14.4. The third kappa shape index (κ3) is 6.22. The van der Waals surface area contributed by atoms with Crippen molar-refractivity contribution in [2.45, 2.75) is 19.8 Å². The average molecular weight is 334 g/mol. The summed E-state index contributed by atoms with van der Waals surface area (Å²) < 4.78 is 5.07. The molecule has 0 aliphatic carbocycles. The van der Waals surface area contributed by atoms with Crippen LogP contribution in [0.5, 0.6) is 0 Å². The Balaban J connectivity index is 1.81. The fourth-order valence-corrected chi connectivity index (χ4v) is 2.23. The molecule has 0 fully saturated rings. The zero-order valence-electron chi connectivity index (χ0n) is 14.4. The molecule has 0 saturated carbocycles. The number of hydrogen-bond acceptors (Lipinski definition) is 3. The minimum Gasteiger partial charge on any atom is -0.462 e. The van der Waals surface area contributed by atoms with Crippen molar-refractivity contribution in [3.8, 4) is 0 Å². The summed E-state index contributed by atoms with van der Waals surface area (Å²) >= 11 is 0. The first-order valence-corrected chi connectivity index (χ1v) is 8.25. The van der Waals surface area contributed by atoms with Crippen molar-refractivity contribution in [1.29, 1.82) is 0 Å². The standard InChI is InChI=1S/C22H22O3/c1-17(2)22(24)25-16-6-7-18-10-12-19(13-11-18)14-15-21(23)20-8-4-3-5-9-20/h3-5,8-15H,1,6-7,16H2,2H3/b15-14+. The average Bonchev–Trinajstić information content (AvgIpc) is 2.64. The lowest BCUT2D eigenvalue weighted by Crippen LogP contribution is -2.06. The van der Waals surface area contributed by atoms with Gasteiger partial charge >= 0.3 is 5.97 Å². The quantitative estimate of drug-likeness (QED) is 0.306. The van der Waals surface area contributed by atoms with Gasteiger partial charge in [-0.15, -0.1) is 0 Å². The number of esters is 1.